The van der Waals surface area contributed by atoms with Gasteiger partial charge in [-0.25, -0.2) is 4.79 Å². The molecule has 4 nitrogen and oxygen atoms in total. The lowest BCUT2D eigenvalue weighted by Crippen LogP contribution is -2.52. The molecule has 2 rings (SSSR count). The Hall–Kier alpha value is -1.55. The number of aryl methyl sites for hydroxylation is 1. The monoisotopic (exact) mass is 289 g/mol. The van der Waals surface area contributed by atoms with Gasteiger partial charge >= 0.3 is 6.03 Å². The third kappa shape index (κ3) is 4.74. The van der Waals surface area contributed by atoms with Crippen LogP contribution in [0.5, 0.6) is 0 Å². The zero-order chi connectivity index (χ0) is 15.2. The zero-order valence-electron chi connectivity index (χ0n) is 13.4. The Morgan fingerprint density at radius 2 is 1.81 bits per heavy atom. The minimum absolute atomic E-state index is 0.0827. The van der Waals surface area contributed by atoms with E-state index in [1.54, 1.807) is 0 Å². The van der Waals surface area contributed by atoms with E-state index in [1.807, 2.05) is 11.8 Å². The average molecular weight is 289 g/mol. The van der Waals surface area contributed by atoms with Crippen LogP contribution in [0.15, 0.2) is 24.3 Å². The van der Waals surface area contributed by atoms with Crippen LogP contribution in [-0.4, -0.2) is 48.1 Å². The number of urea groups is 1. The number of hydrogen-bond acceptors (Lipinski definition) is 2. The fourth-order valence-electron chi connectivity index (χ4n) is 2.46. The van der Waals surface area contributed by atoms with Crippen molar-refractivity contribution in [3.05, 3.63) is 35.4 Å². The van der Waals surface area contributed by atoms with Crippen molar-refractivity contribution in [1.29, 1.82) is 0 Å². The summed E-state index contributed by atoms with van der Waals surface area (Å²) in [5, 5.41) is 3.04. The Bertz CT molecular complexity index is 450. The number of hydrogen-bond donors (Lipinski definition) is 1. The molecule has 0 bridgehead atoms. The van der Waals surface area contributed by atoms with E-state index < -0.39 is 0 Å². The quantitative estimate of drug-likeness (QED) is 0.925. The molecule has 2 amide bonds. The molecule has 1 aromatic carbocycles. The van der Waals surface area contributed by atoms with Crippen molar-refractivity contribution in [2.24, 2.45) is 0 Å². The van der Waals surface area contributed by atoms with E-state index in [2.05, 4.69) is 48.3 Å². The first-order valence-electron chi connectivity index (χ1n) is 7.92. The van der Waals surface area contributed by atoms with E-state index in [1.165, 1.54) is 11.1 Å². The molecule has 21 heavy (non-hydrogen) atoms. The molecular formula is C17H27N3O. The maximum atomic E-state index is 12.1. The van der Waals surface area contributed by atoms with Crippen LogP contribution in [0.2, 0.25) is 0 Å². The van der Waals surface area contributed by atoms with Crippen LogP contribution in [0, 0.1) is 6.92 Å². The van der Waals surface area contributed by atoms with Crippen LogP contribution in [0.3, 0.4) is 0 Å². The molecule has 1 aromatic rings. The fourth-order valence-corrected chi connectivity index (χ4v) is 2.46. The van der Waals surface area contributed by atoms with Crippen molar-refractivity contribution < 1.29 is 4.79 Å². The van der Waals surface area contributed by atoms with Gasteiger partial charge < -0.3 is 10.2 Å². The second-order valence-electron chi connectivity index (χ2n) is 6.01. The van der Waals surface area contributed by atoms with Crippen LogP contribution in [0.1, 0.15) is 31.4 Å². The summed E-state index contributed by atoms with van der Waals surface area (Å²) < 4.78 is 0. The highest BCUT2D eigenvalue weighted by molar-refractivity contribution is 5.74. The summed E-state index contributed by atoms with van der Waals surface area (Å²) in [7, 11) is 0. The van der Waals surface area contributed by atoms with Gasteiger partial charge in [0.05, 0.1) is 0 Å². The third-order valence-corrected chi connectivity index (χ3v) is 4.17. The van der Waals surface area contributed by atoms with Gasteiger partial charge in [-0.2, -0.15) is 0 Å². The van der Waals surface area contributed by atoms with Gasteiger partial charge in [0.2, 0.25) is 0 Å². The molecular weight excluding hydrogens is 262 g/mol. The van der Waals surface area contributed by atoms with Crippen LogP contribution >= 0.6 is 0 Å². The van der Waals surface area contributed by atoms with Crippen molar-refractivity contribution in [1.82, 2.24) is 15.1 Å². The molecule has 1 N–H and O–H groups in total. The topological polar surface area (TPSA) is 35.6 Å². The Kier molecular flexibility index (Phi) is 5.62. The largest absolute Gasteiger partial charge is 0.336 e. The van der Waals surface area contributed by atoms with Gasteiger partial charge in [0, 0.05) is 38.8 Å². The number of carbonyl (C=O) groups excluding carboxylic acids is 1. The van der Waals surface area contributed by atoms with Crippen LogP contribution in [0.4, 0.5) is 4.79 Å². The van der Waals surface area contributed by atoms with Crippen LogP contribution in [0.25, 0.3) is 0 Å². The van der Waals surface area contributed by atoms with Crippen molar-refractivity contribution in [2.75, 3.05) is 26.2 Å². The summed E-state index contributed by atoms with van der Waals surface area (Å²) >= 11 is 0. The number of piperazine rings is 1. The number of amides is 2. The lowest BCUT2D eigenvalue weighted by molar-refractivity contribution is 0.133. The Balaban J connectivity index is 1.77. The standard InChI is InChI=1S/C17H27N3O/c1-4-15(3)18-17(21)20-11-9-19(10-12-20)13-16-7-5-14(2)6-8-16/h5-8,15H,4,9-13H2,1-3H3,(H,18,21). The highest BCUT2D eigenvalue weighted by Gasteiger charge is 2.21. The van der Waals surface area contributed by atoms with E-state index >= 15 is 0 Å². The Morgan fingerprint density at radius 3 is 2.38 bits per heavy atom. The first kappa shape index (κ1) is 15.8. The molecule has 1 aliphatic rings. The number of nitrogens with one attached hydrogen (secondary N) is 1. The van der Waals surface area contributed by atoms with Gasteiger partial charge in [-0.15, -0.1) is 0 Å². The lowest BCUT2D eigenvalue weighted by Gasteiger charge is -2.35. The zero-order valence-corrected chi connectivity index (χ0v) is 13.4. The van der Waals surface area contributed by atoms with Gasteiger partial charge in [0.1, 0.15) is 0 Å². The van der Waals surface area contributed by atoms with Crippen molar-refractivity contribution in [2.45, 2.75) is 39.8 Å². The number of benzene rings is 1. The molecule has 1 aliphatic heterocycles. The number of nitrogens with zero attached hydrogens (tertiary/aromatic N) is 2. The maximum Gasteiger partial charge on any atom is 0.317 e. The molecule has 0 radical (unpaired) electrons. The molecule has 1 saturated heterocycles. The van der Waals surface area contributed by atoms with Gasteiger partial charge in [-0.3, -0.25) is 4.90 Å². The Morgan fingerprint density at radius 1 is 1.19 bits per heavy atom. The molecule has 1 fully saturated rings. The lowest BCUT2D eigenvalue weighted by atomic mass is 10.1. The van der Waals surface area contributed by atoms with Crippen molar-refractivity contribution in [3.8, 4) is 0 Å². The van der Waals surface area contributed by atoms with E-state index in [0.717, 1.165) is 39.1 Å². The third-order valence-electron chi connectivity index (χ3n) is 4.17. The first-order chi connectivity index (χ1) is 10.1. The van der Waals surface area contributed by atoms with E-state index in [-0.39, 0.29) is 12.1 Å². The molecule has 4 heteroatoms. The predicted molar refractivity (Wildman–Crippen MR) is 86.3 cm³/mol. The van der Waals surface area contributed by atoms with Crippen molar-refractivity contribution in [3.63, 3.8) is 0 Å². The van der Waals surface area contributed by atoms with Gasteiger partial charge in [-0.1, -0.05) is 36.8 Å². The fraction of sp³-hybridized carbons (Fsp3) is 0.588. The normalized spacial score (nSPS) is 17.6. The molecule has 0 spiro atoms. The SMILES string of the molecule is CCC(C)NC(=O)N1CCN(Cc2ccc(C)cc2)CC1. The van der Waals surface area contributed by atoms with E-state index in [0.29, 0.717) is 0 Å². The maximum absolute atomic E-state index is 12.1. The predicted octanol–water partition coefficient (Wildman–Crippen LogP) is 2.62. The average Bonchev–Trinajstić information content (AvgIpc) is 2.50. The molecule has 1 unspecified atom stereocenters. The first-order valence-corrected chi connectivity index (χ1v) is 7.92. The molecule has 0 saturated carbocycles. The highest BCUT2D eigenvalue weighted by Crippen LogP contribution is 2.10. The summed E-state index contributed by atoms with van der Waals surface area (Å²) in [6.07, 6.45) is 0.971. The van der Waals surface area contributed by atoms with Crippen LogP contribution in [-0.2, 0) is 6.54 Å². The Labute approximate surface area is 128 Å². The second kappa shape index (κ2) is 7.46. The number of rotatable bonds is 4. The second-order valence-corrected chi connectivity index (χ2v) is 6.01. The summed E-state index contributed by atoms with van der Waals surface area (Å²) in [4.78, 5) is 16.4. The van der Waals surface area contributed by atoms with Gasteiger partial charge in [0.25, 0.3) is 0 Å². The number of carbonyl (C=O) groups is 1. The minimum Gasteiger partial charge on any atom is -0.336 e. The smallest absolute Gasteiger partial charge is 0.317 e. The summed E-state index contributed by atoms with van der Waals surface area (Å²) in [5.74, 6) is 0. The summed E-state index contributed by atoms with van der Waals surface area (Å²) in [5.41, 5.74) is 2.64. The molecule has 1 atom stereocenters. The highest BCUT2D eigenvalue weighted by atomic mass is 16.2. The molecule has 116 valence electrons. The molecule has 1 heterocycles. The van der Waals surface area contributed by atoms with E-state index in [4.69, 9.17) is 0 Å². The van der Waals surface area contributed by atoms with E-state index in [9.17, 15) is 4.79 Å². The summed E-state index contributed by atoms with van der Waals surface area (Å²) in [6, 6.07) is 9.04. The molecule has 0 aromatic heterocycles. The summed E-state index contributed by atoms with van der Waals surface area (Å²) in [6.45, 7) is 10.7. The van der Waals surface area contributed by atoms with Crippen molar-refractivity contribution >= 4 is 6.03 Å². The van der Waals surface area contributed by atoms with Crippen LogP contribution < -0.4 is 5.32 Å². The molecule has 0 aliphatic carbocycles. The van der Waals surface area contributed by atoms with Gasteiger partial charge in [-0.05, 0) is 25.8 Å². The van der Waals surface area contributed by atoms with Gasteiger partial charge in [0.15, 0.2) is 0 Å². The minimum atomic E-state index is 0.0827.